The van der Waals surface area contributed by atoms with Gasteiger partial charge in [-0.05, 0) is 36.5 Å². The molecule has 2 aromatic rings. The van der Waals surface area contributed by atoms with E-state index in [1.54, 1.807) is 0 Å². The summed E-state index contributed by atoms with van der Waals surface area (Å²) in [7, 11) is 0. The fourth-order valence-electron chi connectivity index (χ4n) is 3.42. The molecule has 0 saturated carbocycles. The van der Waals surface area contributed by atoms with E-state index in [9.17, 15) is 5.11 Å². The van der Waals surface area contributed by atoms with Gasteiger partial charge in [0.25, 0.3) is 0 Å². The van der Waals surface area contributed by atoms with Crippen LogP contribution in [0.3, 0.4) is 0 Å². The Morgan fingerprint density at radius 3 is 2.30 bits per heavy atom. The molecule has 118 valence electrons. The van der Waals surface area contributed by atoms with Crippen molar-refractivity contribution in [2.45, 2.75) is 38.2 Å². The first-order valence-corrected chi connectivity index (χ1v) is 8.33. The molecular formula is C22H24O. The van der Waals surface area contributed by atoms with E-state index < -0.39 is 5.60 Å². The molecule has 2 unspecified atom stereocenters. The van der Waals surface area contributed by atoms with Gasteiger partial charge >= 0.3 is 0 Å². The average molecular weight is 304 g/mol. The zero-order chi connectivity index (χ0) is 16.3. The van der Waals surface area contributed by atoms with Gasteiger partial charge in [-0.1, -0.05) is 85.3 Å². The topological polar surface area (TPSA) is 20.2 Å². The van der Waals surface area contributed by atoms with Crippen molar-refractivity contribution in [1.82, 2.24) is 0 Å². The number of hydrogen-bond acceptors (Lipinski definition) is 1. The molecule has 23 heavy (non-hydrogen) atoms. The lowest BCUT2D eigenvalue weighted by atomic mass is 9.71. The van der Waals surface area contributed by atoms with Crippen molar-refractivity contribution in [2.75, 3.05) is 0 Å². The number of hydrogen-bond donors (Lipinski definition) is 1. The Kier molecular flexibility index (Phi) is 4.49. The summed E-state index contributed by atoms with van der Waals surface area (Å²) in [6.45, 7) is 4.19. The van der Waals surface area contributed by atoms with Gasteiger partial charge in [-0.2, -0.15) is 0 Å². The molecule has 0 amide bonds. The summed E-state index contributed by atoms with van der Waals surface area (Å²) >= 11 is 0. The van der Waals surface area contributed by atoms with Gasteiger partial charge in [0.15, 0.2) is 0 Å². The van der Waals surface area contributed by atoms with Crippen LogP contribution in [-0.2, 0) is 5.60 Å². The maximum Gasteiger partial charge on any atom is 0.117 e. The summed E-state index contributed by atoms with van der Waals surface area (Å²) in [4.78, 5) is 0. The largest absolute Gasteiger partial charge is 0.380 e. The van der Waals surface area contributed by atoms with Crippen molar-refractivity contribution in [1.29, 1.82) is 0 Å². The van der Waals surface area contributed by atoms with Gasteiger partial charge in [-0.15, -0.1) is 0 Å². The highest BCUT2D eigenvalue weighted by Gasteiger charge is 2.39. The first kappa shape index (κ1) is 15.8. The lowest BCUT2D eigenvalue weighted by Gasteiger charge is -2.38. The van der Waals surface area contributed by atoms with Crippen LogP contribution in [0.5, 0.6) is 0 Å². The first-order valence-electron chi connectivity index (χ1n) is 8.33. The fourth-order valence-corrected chi connectivity index (χ4v) is 3.42. The molecule has 0 bridgehead atoms. The third-order valence-corrected chi connectivity index (χ3v) is 4.92. The van der Waals surface area contributed by atoms with Crippen LogP contribution in [-0.4, -0.2) is 5.11 Å². The Hall–Kier alpha value is -2.12. The minimum absolute atomic E-state index is 0.0100. The molecule has 1 heteroatoms. The Morgan fingerprint density at radius 2 is 1.70 bits per heavy atom. The van der Waals surface area contributed by atoms with Crippen molar-refractivity contribution >= 4 is 0 Å². The zero-order valence-electron chi connectivity index (χ0n) is 13.9. The van der Waals surface area contributed by atoms with E-state index in [1.165, 1.54) is 5.56 Å². The van der Waals surface area contributed by atoms with Crippen molar-refractivity contribution in [3.05, 3.63) is 95.1 Å². The second kappa shape index (κ2) is 6.55. The van der Waals surface area contributed by atoms with E-state index in [4.69, 9.17) is 0 Å². The van der Waals surface area contributed by atoms with Gasteiger partial charge in [0.05, 0.1) is 0 Å². The summed E-state index contributed by atoms with van der Waals surface area (Å²) in [6.07, 6.45) is 8.20. The van der Waals surface area contributed by atoms with Crippen LogP contribution < -0.4 is 0 Å². The third-order valence-electron chi connectivity index (χ3n) is 4.92. The number of aliphatic hydroxyl groups is 1. The van der Waals surface area contributed by atoms with E-state index >= 15 is 0 Å². The van der Waals surface area contributed by atoms with E-state index in [2.05, 4.69) is 68.5 Å². The Balaban J connectivity index is 2.11. The predicted octanol–water partition coefficient (Wildman–Crippen LogP) is 5.26. The third kappa shape index (κ3) is 3.02. The summed E-state index contributed by atoms with van der Waals surface area (Å²) in [5, 5.41) is 11.8. The van der Waals surface area contributed by atoms with Crippen LogP contribution >= 0.6 is 0 Å². The minimum Gasteiger partial charge on any atom is -0.380 e. The molecule has 0 spiro atoms. The van der Waals surface area contributed by atoms with E-state index in [0.29, 0.717) is 0 Å². The molecule has 0 aromatic heterocycles. The van der Waals surface area contributed by atoms with Crippen molar-refractivity contribution in [2.24, 2.45) is 0 Å². The van der Waals surface area contributed by atoms with Crippen molar-refractivity contribution in [3.8, 4) is 0 Å². The van der Waals surface area contributed by atoms with Crippen LogP contribution in [0.1, 0.15) is 42.4 Å². The molecule has 2 atom stereocenters. The van der Waals surface area contributed by atoms with Gasteiger partial charge < -0.3 is 5.11 Å². The smallest absolute Gasteiger partial charge is 0.117 e. The fraction of sp³-hybridized carbons (Fsp3) is 0.273. The molecule has 0 fully saturated rings. The molecule has 2 aromatic carbocycles. The molecule has 3 rings (SSSR count). The summed E-state index contributed by atoms with van der Waals surface area (Å²) in [5.41, 5.74) is 3.47. The minimum atomic E-state index is -0.972. The van der Waals surface area contributed by atoms with E-state index in [1.807, 2.05) is 18.2 Å². The van der Waals surface area contributed by atoms with Crippen LogP contribution in [0.4, 0.5) is 0 Å². The summed E-state index contributed by atoms with van der Waals surface area (Å²) < 4.78 is 0. The molecule has 0 radical (unpaired) electrons. The zero-order valence-corrected chi connectivity index (χ0v) is 13.9. The molecular weight excluding hydrogens is 280 g/mol. The Bertz CT molecular complexity index is 709. The number of benzene rings is 2. The average Bonchev–Trinajstić information content (AvgIpc) is 2.62. The number of allylic oxidation sites excluding steroid dienone is 3. The standard InChI is InChI=1S/C22H24O/c1-17-13-15-21(16-14-17)22(23,20-11-7-4-8-12-20)18(2)19-9-5-3-6-10-19/h3-7,9-11,13-16,18,23H,8,12H2,1-2H3. The lowest BCUT2D eigenvalue weighted by molar-refractivity contribution is 0.0474. The van der Waals surface area contributed by atoms with Crippen LogP contribution in [0.2, 0.25) is 0 Å². The maximum atomic E-state index is 11.8. The second-order valence-corrected chi connectivity index (χ2v) is 6.42. The quantitative estimate of drug-likeness (QED) is 0.816. The number of rotatable bonds is 4. The monoisotopic (exact) mass is 304 g/mol. The number of aryl methyl sites for hydroxylation is 1. The van der Waals surface area contributed by atoms with E-state index in [0.717, 1.165) is 29.5 Å². The van der Waals surface area contributed by atoms with Crippen molar-refractivity contribution < 1.29 is 5.11 Å². The SMILES string of the molecule is Cc1ccc(C(O)(C2=CC=CCC2)C(C)c2ccccc2)cc1. The first-order chi connectivity index (χ1) is 11.1. The predicted molar refractivity (Wildman–Crippen MR) is 96.4 cm³/mol. The van der Waals surface area contributed by atoms with Crippen LogP contribution in [0.25, 0.3) is 0 Å². The molecule has 0 saturated heterocycles. The highest BCUT2D eigenvalue weighted by atomic mass is 16.3. The summed E-state index contributed by atoms with van der Waals surface area (Å²) in [6, 6.07) is 18.6. The lowest BCUT2D eigenvalue weighted by Crippen LogP contribution is -2.35. The van der Waals surface area contributed by atoms with Crippen LogP contribution in [0, 0.1) is 6.92 Å². The highest BCUT2D eigenvalue weighted by Crippen LogP contribution is 2.44. The molecule has 1 aliphatic rings. The molecule has 0 aliphatic heterocycles. The highest BCUT2D eigenvalue weighted by molar-refractivity contribution is 5.42. The second-order valence-electron chi connectivity index (χ2n) is 6.42. The maximum absolute atomic E-state index is 11.8. The van der Waals surface area contributed by atoms with Crippen LogP contribution in [0.15, 0.2) is 78.4 Å². The molecule has 0 heterocycles. The normalized spacial score (nSPS) is 18.1. The summed E-state index contributed by atoms with van der Waals surface area (Å²) in [5.74, 6) is -0.0100. The van der Waals surface area contributed by atoms with E-state index in [-0.39, 0.29) is 5.92 Å². The molecule has 1 aliphatic carbocycles. The molecule has 1 N–H and O–H groups in total. The Morgan fingerprint density at radius 1 is 1.00 bits per heavy atom. The molecule has 1 nitrogen and oxygen atoms in total. The Labute approximate surface area is 139 Å². The van der Waals surface area contributed by atoms with Gasteiger partial charge in [-0.3, -0.25) is 0 Å². The van der Waals surface area contributed by atoms with Crippen molar-refractivity contribution in [3.63, 3.8) is 0 Å². The van der Waals surface area contributed by atoms with Gasteiger partial charge in [-0.25, -0.2) is 0 Å². The van der Waals surface area contributed by atoms with Gasteiger partial charge in [0, 0.05) is 5.92 Å². The van der Waals surface area contributed by atoms with Gasteiger partial charge in [0.2, 0.25) is 0 Å². The van der Waals surface area contributed by atoms with Gasteiger partial charge in [0.1, 0.15) is 5.60 Å².